The van der Waals surface area contributed by atoms with E-state index in [9.17, 15) is 22.4 Å². The van der Waals surface area contributed by atoms with Crippen molar-refractivity contribution in [3.05, 3.63) is 65.5 Å². The Morgan fingerprint density at radius 1 is 1.06 bits per heavy atom. The van der Waals surface area contributed by atoms with Crippen molar-refractivity contribution in [1.29, 1.82) is 0 Å². The van der Waals surface area contributed by atoms with Crippen LogP contribution in [0.3, 0.4) is 0 Å². The third-order valence-electron chi connectivity index (χ3n) is 5.92. The van der Waals surface area contributed by atoms with Crippen molar-refractivity contribution >= 4 is 27.5 Å². The number of carbonyl (C=O) groups is 2. The van der Waals surface area contributed by atoms with Gasteiger partial charge in [-0.1, -0.05) is 48.9 Å². The van der Waals surface area contributed by atoms with Gasteiger partial charge in [0.15, 0.2) is 0 Å². The van der Waals surface area contributed by atoms with Crippen LogP contribution >= 0.6 is 0 Å². The largest absolute Gasteiger partial charge is 0.352 e. The standard InChI is InChI=1S/C26H36FN3O4S/c1-6-20(3)28-26(32)21(4)29(18-22-15-13-19(2)14-16-22)25(31)12-9-17-30(35(5,33)34)24-11-8-7-10-23(24)27/h7-8,10-11,13-16,20-21H,6,9,12,17-18H2,1-5H3,(H,28,32). The van der Waals surface area contributed by atoms with Crippen LogP contribution in [0.15, 0.2) is 48.5 Å². The number of carbonyl (C=O) groups excluding carboxylic acids is 2. The van der Waals surface area contributed by atoms with E-state index in [0.29, 0.717) is 0 Å². The fourth-order valence-electron chi connectivity index (χ4n) is 3.57. The third-order valence-corrected chi connectivity index (χ3v) is 7.10. The summed E-state index contributed by atoms with van der Waals surface area (Å²) in [5.41, 5.74) is 1.92. The Hall–Kier alpha value is -2.94. The van der Waals surface area contributed by atoms with Gasteiger partial charge in [0, 0.05) is 25.6 Å². The molecule has 0 fully saturated rings. The van der Waals surface area contributed by atoms with Crippen molar-refractivity contribution in [2.24, 2.45) is 0 Å². The van der Waals surface area contributed by atoms with Gasteiger partial charge in [0.05, 0.1) is 11.9 Å². The number of aryl methyl sites for hydroxylation is 1. The van der Waals surface area contributed by atoms with Crippen LogP contribution in [0.25, 0.3) is 0 Å². The topological polar surface area (TPSA) is 86.8 Å². The van der Waals surface area contributed by atoms with Crippen molar-refractivity contribution in [3.8, 4) is 0 Å². The highest BCUT2D eigenvalue weighted by molar-refractivity contribution is 7.92. The van der Waals surface area contributed by atoms with Crippen LogP contribution in [0.4, 0.5) is 10.1 Å². The molecule has 0 bridgehead atoms. The first-order chi connectivity index (χ1) is 16.4. The number of amides is 2. The summed E-state index contributed by atoms with van der Waals surface area (Å²) >= 11 is 0. The molecule has 2 aromatic carbocycles. The first kappa shape index (κ1) is 28.3. The Bertz CT molecular complexity index is 1110. The highest BCUT2D eigenvalue weighted by Crippen LogP contribution is 2.22. The van der Waals surface area contributed by atoms with E-state index in [1.165, 1.54) is 23.1 Å². The fourth-order valence-corrected chi connectivity index (χ4v) is 4.54. The Labute approximate surface area is 208 Å². The van der Waals surface area contributed by atoms with Crippen LogP contribution in [0.2, 0.25) is 0 Å². The number of anilines is 1. The van der Waals surface area contributed by atoms with Crippen molar-refractivity contribution in [3.63, 3.8) is 0 Å². The summed E-state index contributed by atoms with van der Waals surface area (Å²) in [4.78, 5) is 27.6. The minimum Gasteiger partial charge on any atom is -0.352 e. The molecule has 1 N–H and O–H groups in total. The molecule has 35 heavy (non-hydrogen) atoms. The molecule has 0 aromatic heterocycles. The maximum Gasteiger partial charge on any atom is 0.242 e. The molecule has 2 unspecified atom stereocenters. The van der Waals surface area contributed by atoms with Crippen molar-refractivity contribution in [2.45, 2.75) is 65.6 Å². The first-order valence-electron chi connectivity index (χ1n) is 11.8. The van der Waals surface area contributed by atoms with Gasteiger partial charge in [-0.3, -0.25) is 13.9 Å². The Morgan fingerprint density at radius 3 is 2.26 bits per heavy atom. The first-order valence-corrected chi connectivity index (χ1v) is 13.7. The summed E-state index contributed by atoms with van der Waals surface area (Å²) in [6.07, 6.45) is 1.95. The van der Waals surface area contributed by atoms with E-state index in [4.69, 9.17) is 0 Å². The molecule has 2 atom stereocenters. The molecule has 7 nitrogen and oxygen atoms in total. The maximum atomic E-state index is 14.3. The molecule has 0 aliphatic carbocycles. The van der Waals surface area contributed by atoms with E-state index in [1.54, 1.807) is 13.0 Å². The molecule has 0 radical (unpaired) electrons. The third kappa shape index (κ3) is 8.35. The quantitative estimate of drug-likeness (QED) is 0.472. The molecule has 0 aliphatic rings. The van der Waals surface area contributed by atoms with Gasteiger partial charge in [0.25, 0.3) is 0 Å². The lowest BCUT2D eigenvalue weighted by Crippen LogP contribution is -2.49. The number of hydrogen-bond acceptors (Lipinski definition) is 4. The summed E-state index contributed by atoms with van der Waals surface area (Å²) in [7, 11) is -3.75. The van der Waals surface area contributed by atoms with Gasteiger partial charge in [-0.2, -0.15) is 0 Å². The minimum atomic E-state index is -3.75. The highest BCUT2D eigenvalue weighted by Gasteiger charge is 2.27. The van der Waals surface area contributed by atoms with Crippen LogP contribution in [0.5, 0.6) is 0 Å². The van der Waals surface area contributed by atoms with Crippen molar-refractivity contribution in [2.75, 3.05) is 17.1 Å². The molecule has 2 aromatic rings. The number of sulfonamides is 1. The molecule has 0 heterocycles. The van der Waals surface area contributed by atoms with Gasteiger partial charge >= 0.3 is 0 Å². The lowest BCUT2D eigenvalue weighted by atomic mass is 10.1. The SMILES string of the molecule is CCC(C)NC(=O)C(C)N(Cc1ccc(C)cc1)C(=O)CCCN(c1ccccc1F)S(C)(=O)=O. The van der Waals surface area contributed by atoms with Crippen LogP contribution in [0, 0.1) is 12.7 Å². The van der Waals surface area contributed by atoms with Crippen LogP contribution in [0.1, 0.15) is 51.2 Å². The lowest BCUT2D eigenvalue weighted by molar-refractivity contribution is -0.140. The minimum absolute atomic E-state index is 0.00723. The Kier molecular flexibility index (Phi) is 10.2. The van der Waals surface area contributed by atoms with E-state index in [1.807, 2.05) is 45.0 Å². The van der Waals surface area contributed by atoms with Crippen molar-refractivity contribution in [1.82, 2.24) is 10.2 Å². The number of nitrogens with one attached hydrogen (secondary N) is 1. The van der Waals surface area contributed by atoms with E-state index in [2.05, 4.69) is 5.32 Å². The van der Waals surface area contributed by atoms with E-state index in [-0.39, 0.29) is 49.5 Å². The van der Waals surface area contributed by atoms with Crippen molar-refractivity contribution < 1.29 is 22.4 Å². The van der Waals surface area contributed by atoms with Gasteiger partial charge in [0.1, 0.15) is 11.9 Å². The van der Waals surface area contributed by atoms with E-state index >= 15 is 0 Å². The highest BCUT2D eigenvalue weighted by atomic mass is 32.2. The molecule has 2 rings (SSSR count). The number of halogens is 1. The van der Waals surface area contributed by atoms with Gasteiger partial charge in [0.2, 0.25) is 21.8 Å². The zero-order valence-corrected chi connectivity index (χ0v) is 21.9. The summed E-state index contributed by atoms with van der Waals surface area (Å²) in [5, 5.41) is 2.92. The molecular formula is C26H36FN3O4S. The summed E-state index contributed by atoms with van der Waals surface area (Å²) < 4.78 is 39.8. The number of hydrogen-bond donors (Lipinski definition) is 1. The lowest BCUT2D eigenvalue weighted by Gasteiger charge is -2.30. The monoisotopic (exact) mass is 505 g/mol. The Morgan fingerprint density at radius 2 is 1.69 bits per heavy atom. The molecule has 0 saturated heterocycles. The molecule has 0 spiro atoms. The van der Waals surface area contributed by atoms with Gasteiger partial charge < -0.3 is 10.2 Å². The summed E-state index contributed by atoms with van der Waals surface area (Å²) in [5.74, 6) is -1.18. The number of nitrogens with zero attached hydrogens (tertiary/aromatic N) is 2. The number of benzene rings is 2. The zero-order chi connectivity index (χ0) is 26.2. The van der Waals surface area contributed by atoms with E-state index < -0.39 is 21.9 Å². The molecule has 192 valence electrons. The molecule has 2 amide bonds. The predicted octanol–water partition coefficient (Wildman–Crippen LogP) is 4.01. The number of rotatable bonds is 12. The summed E-state index contributed by atoms with van der Waals surface area (Å²) in [6, 6.07) is 12.6. The fraction of sp³-hybridized carbons (Fsp3) is 0.462. The maximum absolute atomic E-state index is 14.3. The summed E-state index contributed by atoms with van der Waals surface area (Å²) in [6.45, 7) is 7.71. The van der Waals surface area contributed by atoms with Crippen LogP contribution in [-0.2, 0) is 26.2 Å². The average molecular weight is 506 g/mol. The molecule has 0 aliphatic heterocycles. The predicted molar refractivity (Wildman–Crippen MR) is 137 cm³/mol. The van der Waals surface area contributed by atoms with Gasteiger partial charge in [-0.05, 0) is 51.3 Å². The molecular weight excluding hydrogens is 469 g/mol. The zero-order valence-electron chi connectivity index (χ0n) is 21.1. The Balaban J connectivity index is 2.17. The number of para-hydroxylation sites is 1. The second kappa shape index (κ2) is 12.7. The van der Waals surface area contributed by atoms with Gasteiger partial charge in [-0.25, -0.2) is 12.8 Å². The average Bonchev–Trinajstić information content (AvgIpc) is 2.80. The van der Waals surface area contributed by atoms with Crippen LogP contribution < -0.4 is 9.62 Å². The van der Waals surface area contributed by atoms with Gasteiger partial charge in [-0.15, -0.1) is 0 Å². The second-order valence-electron chi connectivity index (χ2n) is 8.89. The smallest absolute Gasteiger partial charge is 0.242 e. The molecule has 0 saturated carbocycles. The van der Waals surface area contributed by atoms with Crippen LogP contribution in [-0.4, -0.2) is 50.0 Å². The molecule has 9 heteroatoms. The normalized spacial score (nSPS) is 13.1. The van der Waals surface area contributed by atoms with E-state index in [0.717, 1.165) is 28.1 Å². The second-order valence-corrected chi connectivity index (χ2v) is 10.8.